The van der Waals surface area contributed by atoms with Crippen molar-refractivity contribution in [3.05, 3.63) is 36.3 Å². The van der Waals surface area contributed by atoms with Gasteiger partial charge in [-0.25, -0.2) is 9.78 Å². The summed E-state index contributed by atoms with van der Waals surface area (Å²) in [5.74, 6) is -0.887. The molecule has 1 aliphatic heterocycles. The van der Waals surface area contributed by atoms with Crippen LogP contribution in [0.5, 0.6) is 0 Å². The molecule has 3 amide bonds. The highest BCUT2D eigenvalue weighted by Gasteiger charge is 2.55. The van der Waals surface area contributed by atoms with Crippen LogP contribution >= 0.6 is 0 Å². The van der Waals surface area contributed by atoms with Crippen molar-refractivity contribution in [2.75, 3.05) is 6.54 Å². The highest BCUT2D eigenvalue weighted by atomic mass is 16.5. The number of pyridine rings is 1. The molecule has 1 saturated heterocycles. The summed E-state index contributed by atoms with van der Waals surface area (Å²) in [5.41, 5.74) is 0.493. The lowest BCUT2D eigenvalue weighted by molar-refractivity contribution is -0.149. The van der Waals surface area contributed by atoms with Crippen molar-refractivity contribution in [3.63, 3.8) is 0 Å². The zero-order valence-corrected chi connectivity index (χ0v) is 15.2. The number of imidazole rings is 1. The number of esters is 1. The molecule has 1 spiro atoms. The smallest absolute Gasteiger partial charge is 0.326 e. The number of ether oxygens (including phenoxy) is 1. The van der Waals surface area contributed by atoms with Gasteiger partial charge in [0.2, 0.25) is 0 Å². The van der Waals surface area contributed by atoms with E-state index in [-0.39, 0.29) is 25.0 Å². The number of aromatic nitrogens is 2. The molecular formula is C19H22N4O4. The van der Waals surface area contributed by atoms with Crippen molar-refractivity contribution in [2.24, 2.45) is 5.92 Å². The second-order valence-electron chi connectivity index (χ2n) is 7.30. The van der Waals surface area contributed by atoms with E-state index in [9.17, 15) is 14.4 Å². The molecule has 1 saturated carbocycles. The standard InChI is InChI=1S/C19H22N4O4/c1-13-6-2-4-8-19(13)17(25)23(18(26)21-19)11-16(24)27-12-14-10-22-9-5-3-7-15(22)20-14/h3,5,7,9-10,13H,2,4,6,8,11-12H2,1H3,(H,21,26)/t13-,19+/m0/s1. The lowest BCUT2D eigenvalue weighted by atomic mass is 9.73. The molecule has 8 heteroatoms. The average molecular weight is 370 g/mol. The fourth-order valence-electron chi connectivity index (χ4n) is 4.02. The first-order valence-electron chi connectivity index (χ1n) is 9.22. The number of rotatable bonds is 4. The van der Waals surface area contributed by atoms with Gasteiger partial charge in [-0.1, -0.05) is 25.8 Å². The van der Waals surface area contributed by atoms with Crippen molar-refractivity contribution in [1.82, 2.24) is 19.6 Å². The molecule has 0 aromatic carbocycles. The van der Waals surface area contributed by atoms with Gasteiger partial charge in [0.25, 0.3) is 5.91 Å². The second-order valence-corrected chi connectivity index (χ2v) is 7.30. The molecule has 0 bridgehead atoms. The number of carbonyl (C=O) groups excluding carboxylic acids is 3. The minimum Gasteiger partial charge on any atom is -0.458 e. The first-order valence-corrected chi connectivity index (χ1v) is 9.22. The third-order valence-electron chi connectivity index (χ3n) is 5.58. The fraction of sp³-hybridized carbons (Fsp3) is 0.474. The van der Waals surface area contributed by atoms with Crippen molar-refractivity contribution in [2.45, 2.75) is 44.8 Å². The quantitative estimate of drug-likeness (QED) is 0.655. The zero-order valence-electron chi connectivity index (χ0n) is 15.2. The summed E-state index contributed by atoms with van der Waals surface area (Å²) < 4.78 is 7.06. The predicted molar refractivity (Wildman–Crippen MR) is 95.6 cm³/mol. The molecule has 27 heavy (non-hydrogen) atoms. The van der Waals surface area contributed by atoms with Crippen LogP contribution in [0.1, 0.15) is 38.3 Å². The maximum atomic E-state index is 12.8. The van der Waals surface area contributed by atoms with Crippen LogP contribution in [0.3, 0.4) is 0 Å². The van der Waals surface area contributed by atoms with Gasteiger partial charge in [-0.05, 0) is 30.9 Å². The molecular weight excluding hydrogens is 348 g/mol. The Morgan fingerprint density at radius 1 is 1.37 bits per heavy atom. The Balaban J connectivity index is 1.39. The minimum absolute atomic E-state index is 0.00823. The largest absolute Gasteiger partial charge is 0.458 e. The molecule has 2 aliphatic rings. The van der Waals surface area contributed by atoms with E-state index in [1.54, 1.807) is 6.20 Å². The summed E-state index contributed by atoms with van der Waals surface area (Å²) in [6.45, 7) is 1.58. The number of imide groups is 1. The van der Waals surface area contributed by atoms with Crippen LogP contribution in [0, 0.1) is 5.92 Å². The molecule has 2 aromatic rings. The first kappa shape index (κ1) is 17.5. The van der Waals surface area contributed by atoms with E-state index in [4.69, 9.17) is 4.74 Å². The van der Waals surface area contributed by atoms with Crippen LogP contribution in [-0.4, -0.2) is 44.3 Å². The minimum atomic E-state index is -0.864. The summed E-state index contributed by atoms with van der Waals surface area (Å²) in [5, 5.41) is 2.83. The Morgan fingerprint density at radius 2 is 2.22 bits per heavy atom. The number of amides is 3. The summed E-state index contributed by atoms with van der Waals surface area (Å²) >= 11 is 0. The van der Waals surface area contributed by atoms with E-state index in [1.807, 2.05) is 35.7 Å². The number of urea groups is 1. The summed E-state index contributed by atoms with van der Waals surface area (Å²) in [6.07, 6.45) is 7.07. The maximum Gasteiger partial charge on any atom is 0.326 e. The molecule has 0 radical (unpaired) electrons. The van der Waals surface area contributed by atoms with Crippen molar-refractivity contribution in [1.29, 1.82) is 0 Å². The van der Waals surface area contributed by atoms with Gasteiger partial charge in [-0.3, -0.25) is 14.5 Å². The number of carbonyl (C=O) groups is 3. The van der Waals surface area contributed by atoms with E-state index < -0.39 is 17.5 Å². The van der Waals surface area contributed by atoms with Gasteiger partial charge in [-0.15, -0.1) is 0 Å². The van der Waals surface area contributed by atoms with E-state index in [2.05, 4.69) is 10.3 Å². The lowest BCUT2D eigenvalue weighted by Crippen LogP contribution is -2.54. The number of nitrogens with zero attached hydrogens (tertiary/aromatic N) is 3. The zero-order chi connectivity index (χ0) is 19.0. The molecule has 142 valence electrons. The molecule has 4 rings (SSSR count). The number of nitrogens with one attached hydrogen (secondary N) is 1. The highest BCUT2D eigenvalue weighted by molar-refractivity contribution is 6.08. The van der Waals surface area contributed by atoms with E-state index in [0.717, 1.165) is 29.8 Å². The van der Waals surface area contributed by atoms with Crippen LogP contribution in [-0.2, 0) is 20.9 Å². The van der Waals surface area contributed by atoms with Crippen LogP contribution in [0.2, 0.25) is 0 Å². The number of fused-ring (bicyclic) bond motifs is 1. The van der Waals surface area contributed by atoms with Gasteiger partial charge in [0.05, 0.1) is 5.69 Å². The molecule has 2 aromatic heterocycles. The number of hydrogen-bond donors (Lipinski definition) is 1. The number of hydrogen-bond acceptors (Lipinski definition) is 5. The SMILES string of the molecule is C[C@H]1CCCC[C@@]12NC(=O)N(CC(=O)OCc1cn3ccccc3n1)C2=O. The Bertz CT molecular complexity index is 875. The van der Waals surface area contributed by atoms with Gasteiger partial charge in [0, 0.05) is 12.4 Å². The Kier molecular flexibility index (Phi) is 4.33. The summed E-state index contributed by atoms with van der Waals surface area (Å²) in [6, 6.07) is 5.09. The van der Waals surface area contributed by atoms with Crippen LogP contribution in [0.25, 0.3) is 5.65 Å². The Hall–Kier alpha value is -2.90. The van der Waals surface area contributed by atoms with Gasteiger partial charge >= 0.3 is 12.0 Å². The Labute approximate surface area is 156 Å². The van der Waals surface area contributed by atoms with Crippen molar-refractivity contribution >= 4 is 23.6 Å². The summed E-state index contributed by atoms with van der Waals surface area (Å²) in [4.78, 5) is 42.7. The molecule has 1 N–H and O–H groups in total. The van der Waals surface area contributed by atoms with Crippen LogP contribution in [0.15, 0.2) is 30.6 Å². The molecule has 3 heterocycles. The van der Waals surface area contributed by atoms with Crippen molar-refractivity contribution < 1.29 is 19.1 Å². The molecule has 8 nitrogen and oxygen atoms in total. The van der Waals surface area contributed by atoms with E-state index in [1.165, 1.54) is 0 Å². The van der Waals surface area contributed by atoms with Crippen LogP contribution < -0.4 is 5.32 Å². The van der Waals surface area contributed by atoms with Gasteiger partial charge in [-0.2, -0.15) is 0 Å². The summed E-state index contributed by atoms with van der Waals surface area (Å²) in [7, 11) is 0. The average Bonchev–Trinajstić information content (AvgIpc) is 3.17. The monoisotopic (exact) mass is 370 g/mol. The normalized spacial score (nSPS) is 25.2. The Morgan fingerprint density at radius 3 is 3.00 bits per heavy atom. The fourth-order valence-corrected chi connectivity index (χ4v) is 4.02. The van der Waals surface area contributed by atoms with Crippen molar-refractivity contribution in [3.8, 4) is 0 Å². The van der Waals surface area contributed by atoms with Gasteiger partial charge in [0.1, 0.15) is 24.3 Å². The second kappa shape index (κ2) is 6.68. The van der Waals surface area contributed by atoms with Gasteiger partial charge < -0.3 is 14.5 Å². The first-order chi connectivity index (χ1) is 13.0. The maximum absolute atomic E-state index is 12.8. The topological polar surface area (TPSA) is 93.0 Å². The van der Waals surface area contributed by atoms with Gasteiger partial charge in [0.15, 0.2) is 0 Å². The highest BCUT2D eigenvalue weighted by Crippen LogP contribution is 2.38. The van der Waals surface area contributed by atoms with E-state index >= 15 is 0 Å². The molecule has 2 fully saturated rings. The third-order valence-corrected chi connectivity index (χ3v) is 5.58. The predicted octanol–water partition coefficient (Wildman–Crippen LogP) is 1.88. The molecule has 0 unspecified atom stereocenters. The third kappa shape index (κ3) is 3.05. The molecule has 2 atom stereocenters. The van der Waals surface area contributed by atoms with Crippen LogP contribution in [0.4, 0.5) is 4.79 Å². The lowest BCUT2D eigenvalue weighted by Gasteiger charge is -2.36. The molecule has 1 aliphatic carbocycles. The van der Waals surface area contributed by atoms with E-state index in [0.29, 0.717) is 12.1 Å².